The van der Waals surface area contributed by atoms with E-state index in [2.05, 4.69) is 10.3 Å². The molecule has 0 aliphatic carbocycles. The van der Waals surface area contributed by atoms with Gasteiger partial charge in [0, 0.05) is 18.8 Å². The van der Waals surface area contributed by atoms with Gasteiger partial charge in [-0.2, -0.15) is 13.2 Å². The van der Waals surface area contributed by atoms with Gasteiger partial charge in [-0.05, 0) is 33.2 Å². The fraction of sp³-hybridized carbons (Fsp3) is 0.583. The Kier molecular flexibility index (Phi) is 5.93. The third kappa shape index (κ3) is 5.69. The molecule has 0 aliphatic rings. The van der Waals surface area contributed by atoms with E-state index < -0.39 is 11.7 Å². The molecule has 0 radical (unpaired) electrons. The molecule has 1 N–H and O–H groups in total. The molecule has 19 heavy (non-hydrogen) atoms. The summed E-state index contributed by atoms with van der Waals surface area (Å²) in [4.78, 5) is 6.14. The minimum absolute atomic E-state index is 0.268. The summed E-state index contributed by atoms with van der Waals surface area (Å²) in [6.07, 6.45) is -4.34. The molecule has 108 valence electrons. The van der Waals surface area contributed by atoms with Crippen LogP contribution in [-0.2, 0) is 6.18 Å². The lowest BCUT2D eigenvalue weighted by molar-refractivity contribution is -0.137. The maximum atomic E-state index is 12.8. The second-order valence-corrected chi connectivity index (χ2v) is 5.37. The minimum Gasteiger partial charge on any atom is -0.370 e. The number of aromatic nitrogens is 1. The molecule has 0 amide bonds. The predicted molar refractivity (Wildman–Crippen MR) is 72.7 cm³/mol. The summed E-state index contributed by atoms with van der Waals surface area (Å²) >= 11 is 1.33. The summed E-state index contributed by atoms with van der Waals surface area (Å²) < 4.78 is 38.3. The lowest BCUT2D eigenvalue weighted by Gasteiger charge is -2.13. The van der Waals surface area contributed by atoms with Crippen molar-refractivity contribution in [2.75, 3.05) is 38.3 Å². The molecule has 1 heterocycles. The number of hydrogen-bond donors (Lipinski definition) is 1. The van der Waals surface area contributed by atoms with E-state index in [-0.39, 0.29) is 5.82 Å². The number of anilines is 1. The smallest absolute Gasteiger partial charge is 0.370 e. The molecule has 0 fully saturated rings. The van der Waals surface area contributed by atoms with Crippen LogP contribution in [0.1, 0.15) is 12.5 Å². The first-order valence-electron chi connectivity index (χ1n) is 5.93. The van der Waals surface area contributed by atoms with E-state index in [0.29, 0.717) is 17.3 Å². The van der Waals surface area contributed by atoms with Crippen molar-refractivity contribution in [3.63, 3.8) is 0 Å². The lowest BCUT2D eigenvalue weighted by Crippen LogP contribution is -2.15. The molecule has 0 saturated heterocycles. The molecule has 1 rings (SSSR count). The highest BCUT2D eigenvalue weighted by Crippen LogP contribution is 2.33. The van der Waals surface area contributed by atoms with Crippen LogP contribution in [0.4, 0.5) is 19.0 Å². The van der Waals surface area contributed by atoms with Crippen molar-refractivity contribution >= 4 is 17.6 Å². The van der Waals surface area contributed by atoms with E-state index in [9.17, 15) is 13.2 Å². The molecule has 0 aromatic carbocycles. The van der Waals surface area contributed by atoms with Gasteiger partial charge in [0.05, 0.1) is 10.6 Å². The Balaban J connectivity index is 2.87. The van der Waals surface area contributed by atoms with Crippen LogP contribution >= 0.6 is 11.8 Å². The van der Waals surface area contributed by atoms with Crippen molar-refractivity contribution in [2.24, 2.45) is 0 Å². The average molecular weight is 293 g/mol. The molecule has 3 nitrogen and oxygen atoms in total. The minimum atomic E-state index is -4.34. The van der Waals surface area contributed by atoms with Crippen LogP contribution in [0.3, 0.4) is 0 Å². The molecule has 0 saturated carbocycles. The zero-order valence-electron chi connectivity index (χ0n) is 11.2. The van der Waals surface area contributed by atoms with Crippen LogP contribution in [0.25, 0.3) is 0 Å². The fourth-order valence-electron chi connectivity index (χ4n) is 1.35. The predicted octanol–water partition coefficient (Wildman–Crippen LogP) is 3.19. The molecular formula is C12H18F3N3S. The summed E-state index contributed by atoms with van der Waals surface area (Å²) in [5.41, 5.74) is -0.661. The van der Waals surface area contributed by atoms with Gasteiger partial charge in [0.1, 0.15) is 5.82 Å². The molecule has 1 aromatic heterocycles. The number of nitrogens with zero attached hydrogens (tertiary/aromatic N) is 2. The zero-order valence-corrected chi connectivity index (χ0v) is 12.0. The monoisotopic (exact) mass is 293 g/mol. The normalized spacial score (nSPS) is 11.9. The van der Waals surface area contributed by atoms with Crippen LogP contribution in [0.2, 0.25) is 0 Å². The van der Waals surface area contributed by atoms with Gasteiger partial charge in [0.2, 0.25) is 0 Å². The quantitative estimate of drug-likeness (QED) is 0.815. The average Bonchev–Trinajstić information content (AvgIpc) is 2.27. The van der Waals surface area contributed by atoms with Crippen LogP contribution in [-0.4, -0.2) is 42.8 Å². The van der Waals surface area contributed by atoms with Crippen LogP contribution in [0.5, 0.6) is 0 Å². The van der Waals surface area contributed by atoms with E-state index in [1.807, 2.05) is 25.9 Å². The largest absolute Gasteiger partial charge is 0.416 e. The summed E-state index contributed by atoms with van der Waals surface area (Å²) in [6, 6.07) is 2.14. The number of thioether (sulfide) groups is 1. The molecule has 0 atom stereocenters. The Labute approximate surface area is 115 Å². The Morgan fingerprint density at radius 1 is 1.32 bits per heavy atom. The molecular weight excluding hydrogens is 275 g/mol. The Morgan fingerprint density at radius 2 is 2.00 bits per heavy atom. The summed E-state index contributed by atoms with van der Waals surface area (Å²) in [5, 5.41) is 3.22. The highest BCUT2D eigenvalue weighted by molar-refractivity contribution is 7.99. The third-order valence-electron chi connectivity index (χ3n) is 2.28. The number of alkyl halides is 3. The second kappa shape index (κ2) is 7.00. The van der Waals surface area contributed by atoms with Crippen molar-refractivity contribution in [3.05, 3.63) is 17.7 Å². The molecule has 0 unspecified atom stereocenters. The van der Waals surface area contributed by atoms with Crippen LogP contribution in [0.15, 0.2) is 17.2 Å². The van der Waals surface area contributed by atoms with Crippen LogP contribution in [0, 0.1) is 0 Å². The lowest BCUT2D eigenvalue weighted by atomic mass is 10.2. The molecule has 1 aromatic rings. The first kappa shape index (κ1) is 16.1. The number of nitrogens with one attached hydrogen (secondary N) is 1. The van der Waals surface area contributed by atoms with E-state index in [1.165, 1.54) is 11.8 Å². The van der Waals surface area contributed by atoms with E-state index in [4.69, 9.17) is 0 Å². The van der Waals surface area contributed by atoms with E-state index in [0.717, 1.165) is 18.7 Å². The first-order valence-corrected chi connectivity index (χ1v) is 6.92. The van der Waals surface area contributed by atoms with Crippen molar-refractivity contribution in [3.8, 4) is 0 Å². The van der Waals surface area contributed by atoms with Gasteiger partial charge >= 0.3 is 6.18 Å². The SMILES string of the molecule is CCNc1cc(C(F)(F)F)cc(SCCN(C)C)n1. The maximum Gasteiger partial charge on any atom is 0.416 e. The van der Waals surface area contributed by atoms with Gasteiger partial charge in [-0.15, -0.1) is 11.8 Å². The Morgan fingerprint density at radius 3 is 2.53 bits per heavy atom. The number of hydrogen-bond acceptors (Lipinski definition) is 4. The van der Waals surface area contributed by atoms with E-state index in [1.54, 1.807) is 0 Å². The summed E-state index contributed by atoms with van der Waals surface area (Å²) in [6.45, 7) is 3.15. The van der Waals surface area contributed by atoms with Crippen molar-refractivity contribution in [1.82, 2.24) is 9.88 Å². The Hall–Kier alpha value is -0.950. The molecule has 0 bridgehead atoms. The first-order chi connectivity index (χ1) is 8.82. The van der Waals surface area contributed by atoms with Gasteiger partial charge in [-0.25, -0.2) is 4.98 Å². The summed E-state index contributed by atoms with van der Waals surface area (Å²) in [5.74, 6) is 0.969. The maximum absolute atomic E-state index is 12.8. The zero-order chi connectivity index (χ0) is 14.5. The molecule has 7 heteroatoms. The highest BCUT2D eigenvalue weighted by atomic mass is 32.2. The Bertz CT molecular complexity index is 408. The van der Waals surface area contributed by atoms with Crippen LogP contribution < -0.4 is 5.32 Å². The third-order valence-corrected chi connectivity index (χ3v) is 3.17. The van der Waals surface area contributed by atoms with Gasteiger partial charge in [0.15, 0.2) is 0 Å². The number of halogens is 3. The van der Waals surface area contributed by atoms with Crippen molar-refractivity contribution in [1.29, 1.82) is 0 Å². The molecule has 0 aliphatic heterocycles. The topological polar surface area (TPSA) is 28.2 Å². The van der Waals surface area contributed by atoms with Gasteiger partial charge in [-0.1, -0.05) is 0 Å². The van der Waals surface area contributed by atoms with E-state index >= 15 is 0 Å². The highest BCUT2D eigenvalue weighted by Gasteiger charge is 2.31. The van der Waals surface area contributed by atoms with Gasteiger partial charge < -0.3 is 10.2 Å². The van der Waals surface area contributed by atoms with Crippen molar-refractivity contribution < 1.29 is 13.2 Å². The van der Waals surface area contributed by atoms with Gasteiger partial charge in [-0.3, -0.25) is 0 Å². The van der Waals surface area contributed by atoms with Crippen molar-refractivity contribution in [2.45, 2.75) is 18.1 Å². The summed E-state index contributed by atoms with van der Waals surface area (Å²) in [7, 11) is 3.84. The van der Waals surface area contributed by atoms with Gasteiger partial charge in [0.25, 0.3) is 0 Å². The standard InChI is InChI=1S/C12H18F3N3S/c1-4-16-10-7-9(12(13,14)15)8-11(17-10)19-6-5-18(2)3/h7-8H,4-6H2,1-3H3,(H,16,17). The fourth-order valence-corrected chi connectivity index (χ4v) is 2.39. The second-order valence-electron chi connectivity index (χ2n) is 4.26. The number of rotatable bonds is 6. The molecule has 0 spiro atoms. The number of pyridine rings is 1.